The van der Waals surface area contributed by atoms with Crippen molar-refractivity contribution < 1.29 is 35.4 Å². The summed E-state index contributed by atoms with van der Waals surface area (Å²) in [7, 11) is 0. The first-order valence-corrected chi connectivity index (χ1v) is 32.7. The molecule has 3 saturated carbocycles. The molecule has 0 radical (unpaired) electrons. The third-order valence-corrected chi connectivity index (χ3v) is 18.4. The Labute approximate surface area is 579 Å². The Hall–Kier alpha value is -7.20. The van der Waals surface area contributed by atoms with E-state index in [4.69, 9.17) is 39.8 Å². The van der Waals surface area contributed by atoms with E-state index in [0.717, 1.165) is 89.9 Å². The quantitative estimate of drug-likeness (QED) is 0.0858. The van der Waals surface area contributed by atoms with E-state index in [1.54, 1.807) is 42.6 Å². The number of pyridine rings is 2. The van der Waals surface area contributed by atoms with Crippen LogP contribution < -0.4 is 15.5 Å². The summed E-state index contributed by atoms with van der Waals surface area (Å²) in [5.41, 5.74) is 11.7. The average Bonchev–Trinajstić information content (AvgIpc) is 1.68. The van der Waals surface area contributed by atoms with Crippen molar-refractivity contribution in [3.8, 4) is 34.4 Å². The molecule has 0 atom stereocenters. The molecule has 10 aromatic rings. The van der Waals surface area contributed by atoms with Crippen molar-refractivity contribution in [3.05, 3.63) is 205 Å². The Morgan fingerprint density at radius 1 is 0.587 bits per heavy atom. The number of rotatable bonds is 10. The number of imidazole rings is 3. The minimum absolute atomic E-state index is 0. The van der Waals surface area contributed by atoms with Crippen LogP contribution in [0.25, 0.3) is 34.4 Å². The van der Waals surface area contributed by atoms with E-state index in [0.29, 0.717) is 81.9 Å². The van der Waals surface area contributed by atoms with Gasteiger partial charge in [0.25, 0.3) is 17.7 Å². The second-order valence-corrected chi connectivity index (χ2v) is 26.2. The normalized spacial score (nSPS) is 15.2. The van der Waals surface area contributed by atoms with Gasteiger partial charge in [0.05, 0.1) is 56.8 Å². The molecule has 10 heterocycles. The van der Waals surface area contributed by atoms with Crippen LogP contribution in [0.2, 0.25) is 15.1 Å². The van der Waals surface area contributed by atoms with Crippen molar-refractivity contribution in [2.24, 2.45) is 0 Å². The monoisotopic (exact) mass is 1590 g/mol. The molecule has 20 nitrogen and oxygen atoms in total. The summed E-state index contributed by atoms with van der Waals surface area (Å²) in [6, 6.07) is 23.1. The van der Waals surface area contributed by atoms with Gasteiger partial charge in [-0.3, -0.25) is 19.3 Å². The number of nitrogens with zero attached hydrogens (tertiary/aromatic N) is 14. The number of carbonyl (C=O) groups excluding carboxylic acids is 3. The SMILES string of the molecule is CC(C)n1cnnc1-c1cccc(Br)n1.CC(C)n1cnnc1-c1cccc(N2CCc3cc(Cl)c(-n4cnc(C5CC5)c4)cc3C2=O)n1.O=C1NCCc2cc(Cl)c(-n3cnc(C4CC4)c3)cc21.O=C1NCCc2cc(Cl)c(Br)cc21.[CH3-].[W].c1ncc(C2CC2)[nH]1. The summed E-state index contributed by atoms with van der Waals surface area (Å²) in [5.74, 6) is 3.93. The number of amides is 3. The van der Waals surface area contributed by atoms with E-state index in [9.17, 15) is 14.4 Å². The van der Waals surface area contributed by atoms with Gasteiger partial charge < -0.3 is 41.3 Å². The number of fused-ring (bicyclic) bond motifs is 3. The largest absolute Gasteiger partial charge is 0.358 e. The Balaban J connectivity index is 0.000000136. The third kappa shape index (κ3) is 15.7. The molecule has 7 aromatic heterocycles. The van der Waals surface area contributed by atoms with Gasteiger partial charge >= 0.3 is 0 Å². The maximum absolute atomic E-state index is 13.6. The van der Waals surface area contributed by atoms with Crippen LogP contribution in [-0.4, -0.2) is 106 Å². The van der Waals surface area contributed by atoms with Crippen LogP contribution in [-0.2, 0) is 40.3 Å². The summed E-state index contributed by atoms with van der Waals surface area (Å²) in [5, 5.41) is 23.9. The summed E-state index contributed by atoms with van der Waals surface area (Å²) in [4.78, 5) is 63.7. The Kier molecular flexibility index (Phi) is 21.9. The summed E-state index contributed by atoms with van der Waals surface area (Å²) >= 11 is 25.5. The van der Waals surface area contributed by atoms with Crippen LogP contribution in [0.15, 0.2) is 132 Å². The molecule has 6 aliphatic rings. The molecule has 3 fully saturated rings. The van der Waals surface area contributed by atoms with Gasteiger partial charge in [-0.2, -0.15) is 0 Å². The van der Waals surface area contributed by atoms with Gasteiger partial charge in [0.1, 0.15) is 34.5 Å². The zero-order valence-electron chi connectivity index (χ0n) is 51.2. The smallest absolute Gasteiger partial charge is 0.259 e. The number of H-pyrrole nitrogens is 1. The number of halogens is 5. The topological polar surface area (TPSA) is 230 Å². The molecule has 0 bridgehead atoms. The predicted octanol–water partition coefficient (Wildman–Crippen LogP) is 14.3. The fraction of sp³-hybridized carbons (Fsp3) is 0.318. The maximum atomic E-state index is 13.6. The molecule has 3 amide bonds. The number of carbonyl (C=O) groups is 3. The maximum Gasteiger partial charge on any atom is 0.259 e. The number of aromatic nitrogens is 14. The molecular formula is C66H67Br2Cl3N17O3W-. The van der Waals surface area contributed by atoms with E-state index in [2.05, 4.69) is 116 Å². The first-order chi connectivity index (χ1) is 43.5. The fourth-order valence-electron chi connectivity index (χ4n) is 10.8. The zero-order chi connectivity index (χ0) is 62.7. The van der Waals surface area contributed by atoms with Crippen LogP contribution in [0.3, 0.4) is 0 Å². The van der Waals surface area contributed by atoms with E-state index >= 15 is 0 Å². The van der Waals surface area contributed by atoms with E-state index in [-0.39, 0.29) is 52.3 Å². The molecule has 16 rings (SSSR count). The van der Waals surface area contributed by atoms with Gasteiger partial charge in [0.2, 0.25) is 0 Å². The van der Waals surface area contributed by atoms with E-state index in [1.165, 1.54) is 44.2 Å². The molecule has 3 aromatic carbocycles. The third-order valence-electron chi connectivity index (χ3n) is 16.2. The molecule has 3 N–H and O–H groups in total. The first-order valence-electron chi connectivity index (χ1n) is 30.0. The molecule has 26 heteroatoms. The van der Waals surface area contributed by atoms with Crippen LogP contribution >= 0.6 is 66.7 Å². The number of aromatic amines is 1. The predicted molar refractivity (Wildman–Crippen MR) is 360 cm³/mol. The van der Waals surface area contributed by atoms with Crippen LogP contribution in [0, 0.1) is 7.43 Å². The molecule has 476 valence electrons. The van der Waals surface area contributed by atoms with Crippen molar-refractivity contribution in [1.29, 1.82) is 0 Å². The number of hydrogen-bond acceptors (Lipinski definition) is 12. The minimum Gasteiger partial charge on any atom is -0.358 e. The van der Waals surface area contributed by atoms with Gasteiger partial charge in [0, 0.05) is 116 Å². The van der Waals surface area contributed by atoms with Crippen molar-refractivity contribution in [2.45, 2.75) is 115 Å². The number of anilines is 1. The number of nitrogens with one attached hydrogen (secondary N) is 3. The fourth-order valence-corrected chi connectivity index (χ4v) is 12.2. The van der Waals surface area contributed by atoms with Gasteiger partial charge in [-0.1, -0.05) is 46.9 Å². The van der Waals surface area contributed by atoms with Crippen molar-refractivity contribution >= 4 is 90.2 Å². The second-order valence-electron chi connectivity index (χ2n) is 23.3. The number of benzene rings is 3. The van der Waals surface area contributed by atoms with E-state index < -0.39 is 0 Å². The molecule has 0 saturated heterocycles. The van der Waals surface area contributed by atoms with Gasteiger partial charge in [-0.05, 0) is 195 Å². The molecule has 3 aliphatic carbocycles. The van der Waals surface area contributed by atoms with Gasteiger partial charge in [0.15, 0.2) is 11.6 Å². The molecule has 0 unspecified atom stereocenters. The zero-order valence-corrected chi connectivity index (χ0v) is 59.6. The average molecular weight is 1600 g/mol. The van der Waals surface area contributed by atoms with Crippen LogP contribution in [0.4, 0.5) is 5.82 Å². The summed E-state index contributed by atoms with van der Waals surface area (Å²) in [6.45, 7) is 10.2. The van der Waals surface area contributed by atoms with Crippen LogP contribution in [0.1, 0.15) is 161 Å². The van der Waals surface area contributed by atoms with Crippen molar-refractivity contribution in [2.75, 3.05) is 24.5 Å². The van der Waals surface area contributed by atoms with Crippen molar-refractivity contribution in [3.63, 3.8) is 0 Å². The molecule has 3 aliphatic heterocycles. The molecular weight excluding hydrogens is 1530 g/mol. The van der Waals surface area contributed by atoms with Gasteiger partial charge in [-0.25, -0.2) is 24.9 Å². The number of hydrogen-bond donors (Lipinski definition) is 3. The standard InChI is InChI=1S/C25H24ClN7O.C15H14ClN3O.C10H11BrN4.C9H7BrClNO.C6H8N2.CH3.W/c1-15(2)33-14-28-30-24(33)20-4-3-5-23(29-20)32-9-8-17-10-19(26)22(11-18(17)25(32)34)31-12-21(27-13-31)16-6-7-16;16-12-5-10-3-4-17-15(20)11(10)6-14(12)19-7-13(18-8-19)9-1-2-9;1-7(2)15-6-12-14-10(15)8-4-3-5-9(11)13-8;10-7-4-6-5(3-8(7)11)1-2-12-9(6)13;1-2-5(1)6-3-7-4-8-6;;/h3-5,10-16H,6-9H2,1-2H3;5-9H,1-4H2,(H,17,20);3-7H,1-2H3;3-4H,1-2H2,(H,12,13);3-5H,1-2H2,(H,7,8);1H3;/q;;;;;-1;. The summed E-state index contributed by atoms with van der Waals surface area (Å²) in [6.07, 6.45) is 24.6. The first kappa shape index (κ1) is 67.7. The second kappa shape index (κ2) is 29.8. The summed E-state index contributed by atoms with van der Waals surface area (Å²) < 4.78 is 9.37. The van der Waals surface area contributed by atoms with Crippen molar-refractivity contribution in [1.82, 2.24) is 79.2 Å². The Bertz CT molecular complexity index is 4270. The Morgan fingerprint density at radius 2 is 1.09 bits per heavy atom. The van der Waals surface area contributed by atoms with Gasteiger partial charge in [-0.15, -0.1) is 20.4 Å². The van der Waals surface area contributed by atoms with Crippen LogP contribution in [0.5, 0.6) is 0 Å². The Morgan fingerprint density at radius 3 is 1.60 bits per heavy atom. The molecule has 92 heavy (non-hydrogen) atoms. The van der Waals surface area contributed by atoms with E-state index in [1.807, 2.05) is 104 Å². The minimum atomic E-state index is -0.0864. The molecule has 0 spiro atoms.